The molecular formula is C14H24N2. The van der Waals surface area contributed by atoms with Gasteiger partial charge in [0.15, 0.2) is 0 Å². The number of benzene rings is 1. The van der Waals surface area contributed by atoms with Crippen molar-refractivity contribution < 1.29 is 0 Å². The average molecular weight is 220 g/mol. The van der Waals surface area contributed by atoms with Crippen LogP contribution >= 0.6 is 0 Å². The number of nitrogens with one attached hydrogen (secondary N) is 1. The molecule has 1 rings (SSSR count). The van der Waals surface area contributed by atoms with Gasteiger partial charge in [-0.1, -0.05) is 38.1 Å². The second kappa shape index (κ2) is 5.46. The predicted molar refractivity (Wildman–Crippen MR) is 70.1 cm³/mol. The summed E-state index contributed by atoms with van der Waals surface area (Å²) in [5, 5.41) is 3.59. The molecule has 0 aliphatic rings. The van der Waals surface area contributed by atoms with Gasteiger partial charge < -0.3 is 11.1 Å². The monoisotopic (exact) mass is 220 g/mol. The molecule has 0 bridgehead atoms. The van der Waals surface area contributed by atoms with Crippen LogP contribution in [0.15, 0.2) is 24.3 Å². The van der Waals surface area contributed by atoms with Crippen molar-refractivity contribution in [3.8, 4) is 0 Å². The molecule has 0 heterocycles. The summed E-state index contributed by atoms with van der Waals surface area (Å²) in [7, 11) is 0. The lowest BCUT2D eigenvalue weighted by molar-refractivity contribution is 0.285. The molecule has 0 radical (unpaired) electrons. The Morgan fingerprint density at radius 3 is 2.25 bits per heavy atom. The molecule has 0 amide bonds. The summed E-state index contributed by atoms with van der Waals surface area (Å²) in [6, 6.07) is 8.35. The number of hydrogen-bond acceptors (Lipinski definition) is 2. The molecule has 1 aromatic carbocycles. The predicted octanol–water partition coefficient (Wildman–Crippen LogP) is 2.67. The molecule has 0 aliphatic heterocycles. The fraction of sp³-hybridized carbons (Fsp3) is 0.571. The first-order valence-electron chi connectivity index (χ1n) is 5.99. The topological polar surface area (TPSA) is 38.0 Å². The minimum absolute atomic E-state index is 0.154. The van der Waals surface area contributed by atoms with Crippen LogP contribution in [-0.4, -0.2) is 5.54 Å². The summed E-state index contributed by atoms with van der Waals surface area (Å²) in [4.78, 5) is 0. The van der Waals surface area contributed by atoms with Gasteiger partial charge in [0.1, 0.15) is 0 Å². The van der Waals surface area contributed by atoms with Crippen LogP contribution in [0.2, 0.25) is 0 Å². The van der Waals surface area contributed by atoms with E-state index in [1.165, 1.54) is 11.1 Å². The van der Waals surface area contributed by atoms with Gasteiger partial charge in [0.05, 0.1) is 0 Å². The Morgan fingerprint density at radius 2 is 1.75 bits per heavy atom. The molecule has 0 aliphatic carbocycles. The van der Waals surface area contributed by atoms with Crippen molar-refractivity contribution >= 4 is 0 Å². The third kappa shape index (κ3) is 3.32. The molecule has 16 heavy (non-hydrogen) atoms. The van der Waals surface area contributed by atoms with Crippen LogP contribution in [-0.2, 0) is 13.1 Å². The maximum atomic E-state index is 5.72. The zero-order valence-electron chi connectivity index (χ0n) is 10.9. The minimum Gasteiger partial charge on any atom is -0.326 e. The van der Waals surface area contributed by atoms with Gasteiger partial charge in [-0.3, -0.25) is 0 Å². The van der Waals surface area contributed by atoms with E-state index in [0.717, 1.165) is 6.54 Å². The second-order valence-electron chi connectivity index (χ2n) is 5.20. The fourth-order valence-corrected chi connectivity index (χ4v) is 1.46. The lowest BCUT2D eigenvalue weighted by atomic mass is 9.90. The highest BCUT2D eigenvalue weighted by atomic mass is 15.0. The van der Waals surface area contributed by atoms with E-state index in [0.29, 0.717) is 12.5 Å². The quantitative estimate of drug-likeness (QED) is 0.800. The molecule has 0 fully saturated rings. The van der Waals surface area contributed by atoms with Crippen LogP contribution in [0.5, 0.6) is 0 Å². The van der Waals surface area contributed by atoms with Crippen molar-refractivity contribution in [1.29, 1.82) is 0 Å². The maximum absolute atomic E-state index is 5.72. The van der Waals surface area contributed by atoms with Crippen LogP contribution in [0, 0.1) is 5.92 Å². The van der Waals surface area contributed by atoms with E-state index in [1.54, 1.807) is 0 Å². The van der Waals surface area contributed by atoms with Gasteiger partial charge in [-0.2, -0.15) is 0 Å². The van der Waals surface area contributed by atoms with Crippen LogP contribution < -0.4 is 11.1 Å². The lowest BCUT2D eigenvalue weighted by Gasteiger charge is -2.31. The number of rotatable bonds is 5. The Hall–Kier alpha value is -0.860. The van der Waals surface area contributed by atoms with E-state index in [2.05, 4.69) is 51.2 Å². The van der Waals surface area contributed by atoms with Crippen LogP contribution in [0.1, 0.15) is 38.8 Å². The van der Waals surface area contributed by atoms with Crippen LogP contribution in [0.25, 0.3) is 0 Å². The summed E-state index contributed by atoms with van der Waals surface area (Å²) < 4.78 is 0. The highest BCUT2D eigenvalue weighted by Crippen LogP contribution is 2.17. The van der Waals surface area contributed by atoms with E-state index in [1.807, 2.05) is 6.07 Å². The molecule has 2 nitrogen and oxygen atoms in total. The molecule has 1 aromatic rings. The molecule has 0 saturated carbocycles. The van der Waals surface area contributed by atoms with E-state index in [-0.39, 0.29) is 5.54 Å². The summed E-state index contributed by atoms with van der Waals surface area (Å²) in [5.41, 5.74) is 8.41. The SMILES string of the molecule is CC(C)C(C)(C)NCc1ccccc1CN. The van der Waals surface area contributed by atoms with Gasteiger partial charge >= 0.3 is 0 Å². The summed E-state index contributed by atoms with van der Waals surface area (Å²) >= 11 is 0. The van der Waals surface area contributed by atoms with Crippen molar-refractivity contribution in [3.05, 3.63) is 35.4 Å². The Bertz CT molecular complexity index is 329. The summed E-state index contributed by atoms with van der Waals surface area (Å²) in [5.74, 6) is 0.609. The molecule has 0 saturated heterocycles. The van der Waals surface area contributed by atoms with Crippen molar-refractivity contribution in [3.63, 3.8) is 0 Å². The molecule has 3 N–H and O–H groups in total. The van der Waals surface area contributed by atoms with Gasteiger partial charge in [0.25, 0.3) is 0 Å². The zero-order chi connectivity index (χ0) is 12.2. The van der Waals surface area contributed by atoms with Crippen LogP contribution in [0.3, 0.4) is 0 Å². The smallest absolute Gasteiger partial charge is 0.0213 e. The maximum Gasteiger partial charge on any atom is 0.0213 e. The highest BCUT2D eigenvalue weighted by Gasteiger charge is 2.21. The van der Waals surface area contributed by atoms with E-state index >= 15 is 0 Å². The largest absolute Gasteiger partial charge is 0.326 e. The molecule has 90 valence electrons. The molecule has 0 atom stereocenters. The van der Waals surface area contributed by atoms with Gasteiger partial charge in [-0.05, 0) is 30.9 Å². The molecule has 0 aromatic heterocycles. The Morgan fingerprint density at radius 1 is 1.19 bits per heavy atom. The van der Waals surface area contributed by atoms with Gasteiger partial charge in [0.2, 0.25) is 0 Å². The standard InChI is InChI=1S/C14H24N2/c1-11(2)14(3,4)16-10-13-8-6-5-7-12(13)9-15/h5-8,11,16H,9-10,15H2,1-4H3. The normalized spacial score (nSPS) is 12.1. The summed E-state index contributed by atoms with van der Waals surface area (Å²) in [6.07, 6.45) is 0. The Labute approximate surface area is 99.2 Å². The molecule has 2 heteroatoms. The van der Waals surface area contributed by atoms with Crippen molar-refractivity contribution in [2.45, 2.75) is 46.3 Å². The molecular weight excluding hydrogens is 196 g/mol. The molecule has 0 unspecified atom stereocenters. The van der Waals surface area contributed by atoms with Crippen molar-refractivity contribution in [2.75, 3.05) is 0 Å². The number of hydrogen-bond donors (Lipinski definition) is 2. The van der Waals surface area contributed by atoms with Crippen molar-refractivity contribution in [1.82, 2.24) is 5.32 Å². The number of nitrogens with two attached hydrogens (primary N) is 1. The fourth-order valence-electron chi connectivity index (χ4n) is 1.46. The van der Waals surface area contributed by atoms with Crippen molar-refractivity contribution in [2.24, 2.45) is 11.7 Å². The average Bonchev–Trinajstić information content (AvgIpc) is 2.26. The van der Waals surface area contributed by atoms with E-state index in [4.69, 9.17) is 5.73 Å². The first kappa shape index (κ1) is 13.2. The Kier molecular flexibility index (Phi) is 4.51. The first-order chi connectivity index (χ1) is 7.47. The highest BCUT2D eigenvalue weighted by molar-refractivity contribution is 5.26. The van der Waals surface area contributed by atoms with Gasteiger partial charge in [0, 0.05) is 18.6 Å². The minimum atomic E-state index is 0.154. The van der Waals surface area contributed by atoms with E-state index in [9.17, 15) is 0 Å². The van der Waals surface area contributed by atoms with Crippen LogP contribution in [0.4, 0.5) is 0 Å². The molecule has 0 spiro atoms. The second-order valence-corrected chi connectivity index (χ2v) is 5.20. The van der Waals surface area contributed by atoms with E-state index < -0.39 is 0 Å². The third-order valence-corrected chi connectivity index (χ3v) is 3.52. The lowest BCUT2D eigenvalue weighted by Crippen LogP contribution is -2.43. The first-order valence-corrected chi connectivity index (χ1v) is 5.99. The van der Waals surface area contributed by atoms with Gasteiger partial charge in [-0.15, -0.1) is 0 Å². The Balaban J connectivity index is 2.67. The van der Waals surface area contributed by atoms with Gasteiger partial charge in [-0.25, -0.2) is 0 Å². The third-order valence-electron chi connectivity index (χ3n) is 3.52. The summed E-state index contributed by atoms with van der Waals surface area (Å²) in [6.45, 7) is 10.5. The zero-order valence-corrected chi connectivity index (χ0v) is 10.9.